The Bertz CT molecular complexity index is 1390. The molecule has 2 atom stereocenters. The molecule has 0 N–H and O–H groups in total. The van der Waals surface area contributed by atoms with Gasteiger partial charge in [0.25, 0.3) is 11.7 Å². The minimum Gasteiger partial charge on any atom is -0.268 e. The van der Waals surface area contributed by atoms with E-state index in [1.165, 1.54) is 6.08 Å². The normalized spacial score (nSPS) is 20.3. The van der Waals surface area contributed by atoms with Crippen LogP contribution in [0.2, 0.25) is 10.0 Å². The summed E-state index contributed by atoms with van der Waals surface area (Å²) in [6.45, 7) is 0. The van der Waals surface area contributed by atoms with Crippen LogP contribution in [0.4, 0.5) is 8.78 Å². The maximum Gasteiger partial charge on any atom is 0.288 e. The first-order valence-corrected chi connectivity index (χ1v) is 13.9. The average Bonchev–Trinajstić information content (AvgIpc) is 3.30. The number of benzene rings is 3. The van der Waals surface area contributed by atoms with Gasteiger partial charge in [-0.05, 0) is 90.1 Å². The van der Waals surface area contributed by atoms with Gasteiger partial charge in [-0.25, -0.2) is 5.01 Å². The molecule has 1 amide bonds. The highest BCUT2D eigenvalue weighted by molar-refractivity contribution is 7.99. The number of alkyl halides is 2. The molecule has 3 aromatic rings. The standard InChI is InChI=1S/C30H24Cl2F2N2OS/c31-23-11-4-20(5-12-23)18-22-2-1-3-26-28(22)35-36(29(26)21-9-13-24(32)14-10-21)27(37)17-8-19-6-15-25(16-7-19)38-30(33)34/h4-18,26,29-30H,1-3H2/b17-8+,22-18-/t26-,29-/m0/s1. The summed E-state index contributed by atoms with van der Waals surface area (Å²) >= 11 is 12.7. The zero-order valence-corrected chi connectivity index (χ0v) is 22.6. The number of fused-ring (bicyclic) bond motifs is 1. The highest BCUT2D eigenvalue weighted by atomic mass is 35.5. The second-order valence-corrected chi connectivity index (χ2v) is 11.1. The van der Waals surface area contributed by atoms with Crippen molar-refractivity contribution in [3.63, 3.8) is 0 Å². The second-order valence-electron chi connectivity index (χ2n) is 9.17. The Kier molecular flexibility index (Phi) is 8.32. The van der Waals surface area contributed by atoms with Crippen LogP contribution in [0.25, 0.3) is 12.2 Å². The first kappa shape index (κ1) is 26.7. The van der Waals surface area contributed by atoms with Crippen LogP contribution in [0.1, 0.15) is 42.0 Å². The Morgan fingerprint density at radius 1 is 0.947 bits per heavy atom. The van der Waals surface area contributed by atoms with Crippen molar-refractivity contribution in [1.82, 2.24) is 5.01 Å². The number of hydrogen-bond donors (Lipinski definition) is 0. The number of thioether (sulfide) groups is 1. The monoisotopic (exact) mass is 568 g/mol. The highest BCUT2D eigenvalue weighted by Crippen LogP contribution is 2.44. The van der Waals surface area contributed by atoms with Gasteiger partial charge in [0.1, 0.15) is 0 Å². The Hall–Kier alpha value is -2.93. The van der Waals surface area contributed by atoms with E-state index < -0.39 is 5.76 Å². The summed E-state index contributed by atoms with van der Waals surface area (Å²) in [5.74, 6) is -2.66. The zero-order valence-electron chi connectivity index (χ0n) is 20.2. The number of rotatable bonds is 6. The summed E-state index contributed by atoms with van der Waals surface area (Å²) < 4.78 is 25.2. The molecule has 0 aromatic heterocycles. The van der Waals surface area contributed by atoms with Crippen molar-refractivity contribution < 1.29 is 13.6 Å². The molecule has 0 spiro atoms. The molecule has 0 unspecified atom stereocenters. The minimum absolute atomic E-state index is 0.0616. The molecule has 2 aliphatic rings. The summed E-state index contributed by atoms with van der Waals surface area (Å²) in [5.41, 5.74) is 4.80. The molecule has 3 nitrogen and oxygen atoms in total. The first-order valence-electron chi connectivity index (χ1n) is 12.2. The lowest BCUT2D eigenvalue weighted by Gasteiger charge is -2.29. The number of carbonyl (C=O) groups excluding carboxylic acids is 1. The number of carbonyl (C=O) groups is 1. The lowest BCUT2D eigenvalue weighted by Crippen LogP contribution is -2.30. The Morgan fingerprint density at radius 2 is 1.58 bits per heavy atom. The van der Waals surface area contributed by atoms with E-state index in [0.717, 1.165) is 47.2 Å². The predicted molar refractivity (Wildman–Crippen MR) is 153 cm³/mol. The third kappa shape index (κ3) is 6.20. The van der Waals surface area contributed by atoms with Crippen LogP contribution in [-0.4, -0.2) is 22.4 Å². The van der Waals surface area contributed by atoms with E-state index >= 15 is 0 Å². The van der Waals surface area contributed by atoms with Gasteiger partial charge in [0.2, 0.25) is 0 Å². The van der Waals surface area contributed by atoms with Gasteiger partial charge >= 0.3 is 0 Å². The van der Waals surface area contributed by atoms with Crippen LogP contribution >= 0.6 is 35.0 Å². The van der Waals surface area contributed by atoms with Crippen LogP contribution in [-0.2, 0) is 4.79 Å². The van der Waals surface area contributed by atoms with E-state index in [1.54, 1.807) is 35.4 Å². The van der Waals surface area contributed by atoms with Crippen molar-refractivity contribution in [3.05, 3.63) is 111 Å². The number of allylic oxidation sites excluding steroid dienone is 1. The van der Waals surface area contributed by atoms with Gasteiger partial charge in [0, 0.05) is 26.9 Å². The highest BCUT2D eigenvalue weighted by Gasteiger charge is 2.43. The van der Waals surface area contributed by atoms with Crippen molar-refractivity contribution >= 4 is 58.7 Å². The van der Waals surface area contributed by atoms with Gasteiger partial charge in [-0.1, -0.05) is 71.4 Å². The van der Waals surface area contributed by atoms with Crippen LogP contribution < -0.4 is 0 Å². The first-order chi connectivity index (χ1) is 18.4. The molecule has 1 heterocycles. The fraction of sp³-hybridized carbons (Fsp3) is 0.200. The van der Waals surface area contributed by atoms with E-state index in [1.807, 2.05) is 48.5 Å². The molecule has 1 aliphatic carbocycles. The number of hydrazone groups is 1. The SMILES string of the molecule is O=C(/C=C/c1ccc(SC(F)F)cc1)N1N=C2/C(=C\c3ccc(Cl)cc3)CCC[C@@H]2[C@@H]1c1ccc(Cl)cc1. The average molecular weight is 570 g/mol. The molecule has 8 heteroatoms. The molecule has 38 heavy (non-hydrogen) atoms. The molecule has 1 fully saturated rings. The molecule has 0 bridgehead atoms. The van der Waals surface area contributed by atoms with Gasteiger partial charge < -0.3 is 0 Å². The summed E-state index contributed by atoms with van der Waals surface area (Å²) in [4.78, 5) is 14.0. The summed E-state index contributed by atoms with van der Waals surface area (Å²) in [6.07, 6.45) is 8.09. The van der Waals surface area contributed by atoms with Crippen LogP contribution in [0, 0.1) is 5.92 Å². The van der Waals surface area contributed by atoms with Gasteiger partial charge in [0.15, 0.2) is 0 Å². The fourth-order valence-electron chi connectivity index (χ4n) is 4.94. The molecular formula is C30H24Cl2F2N2OS. The largest absolute Gasteiger partial charge is 0.288 e. The van der Waals surface area contributed by atoms with Crippen molar-refractivity contribution in [2.24, 2.45) is 11.0 Å². The van der Waals surface area contributed by atoms with Gasteiger partial charge in [-0.15, -0.1) is 0 Å². The maximum absolute atomic E-state index is 13.5. The quantitative estimate of drug-likeness (QED) is 0.219. The number of halogens is 4. The molecular weight excluding hydrogens is 545 g/mol. The predicted octanol–water partition coefficient (Wildman–Crippen LogP) is 9.14. The fourth-order valence-corrected chi connectivity index (χ4v) is 5.69. The third-order valence-corrected chi connectivity index (χ3v) is 7.90. The molecule has 3 aromatic carbocycles. The van der Waals surface area contributed by atoms with E-state index in [4.69, 9.17) is 28.3 Å². The van der Waals surface area contributed by atoms with Crippen LogP contribution in [0.15, 0.2) is 94.4 Å². The molecule has 5 rings (SSSR count). The van der Waals surface area contributed by atoms with Crippen molar-refractivity contribution in [2.45, 2.75) is 36.0 Å². The van der Waals surface area contributed by atoms with E-state index in [0.29, 0.717) is 26.7 Å². The van der Waals surface area contributed by atoms with Crippen molar-refractivity contribution in [2.75, 3.05) is 0 Å². The minimum atomic E-state index is -2.47. The Labute approximate surface area is 234 Å². The van der Waals surface area contributed by atoms with Gasteiger partial charge in [0.05, 0.1) is 11.8 Å². The molecule has 1 saturated carbocycles. The lowest BCUT2D eigenvalue weighted by molar-refractivity contribution is -0.128. The lowest BCUT2D eigenvalue weighted by atomic mass is 9.77. The van der Waals surface area contributed by atoms with Crippen LogP contribution in [0.5, 0.6) is 0 Å². The van der Waals surface area contributed by atoms with E-state index in [2.05, 4.69) is 6.08 Å². The van der Waals surface area contributed by atoms with E-state index in [-0.39, 0.29) is 17.9 Å². The molecule has 1 aliphatic heterocycles. The Balaban J connectivity index is 1.45. The number of nitrogens with zero attached hydrogens (tertiary/aromatic N) is 2. The number of hydrogen-bond acceptors (Lipinski definition) is 3. The maximum atomic E-state index is 13.5. The zero-order chi connectivity index (χ0) is 26.6. The third-order valence-electron chi connectivity index (χ3n) is 6.67. The van der Waals surface area contributed by atoms with Gasteiger partial charge in [-0.3, -0.25) is 4.79 Å². The van der Waals surface area contributed by atoms with Crippen LogP contribution in [0.3, 0.4) is 0 Å². The Morgan fingerprint density at radius 3 is 2.24 bits per heavy atom. The number of amides is 1. The molecule has 0 saturated heterocycles. The summed E-state index contributed by atoms with van der Waals surface area (Å²) in [7, 11) is 0. The topological polar surface area (TPSA) is 32.7 Å². The van der Waals surface area contributed by atoms with Gasteiger partial charge in [-0.2, -0.15) is 13.9 Å². The molecule has 0 radical (unpaired) electrons. The van der Waals surface area contributed by atoms with Crippen molar-refractivity contribution in [3.8, 4) is 0 Å². The summed E-state index contributed by atoms with van der Waals surface area (Å²) in [6, 6.07) is 21.7. The smallest absolute Gasteiger partial charge is 0.268 e. The second kappa shape index (κ2) is 11.9. The van der Waals surface area contributed by atoms with Crippen molar-refractivity contribution in [1.29, 1.82) is 0 Å². The summed E-state index contributed by atoms with van der Waals surface area (Å²) in [5, 5.41) is 7.76. The molecule has 194 valence electrons. The van der Waals surface area contributed by atoms with E-state index in [9.17, 15) is 13.6 Å².